The molecule has 100 valence electrons. The number of hydrogen-bond donors (Lipinski definition) is 2. The fourth-order valence-corrected chi connectivity index (χ4v) is 1.93. The smallest absolute Gasteiger partial charge is 0.271 e. The van der Waals surface area contributed by atoms with Crippen molar-refractivity contribution in [3.05, 3.63) is 53.3 Å². The maximum Gasteiger partial charge on any atom is 0.271 e. The van der Waals surface area contributed by atoms with Gasteiger partial charge in [-0.3, -0.25) is 9.78 Å². The number of nitrogens with one attached hydrogen (secondary N) is 2. The van der Waals surface area contributed by atoms with Crippen LogP contribution in [0.4, 0.5) is 0 Å². The predicted octanol–water partition coefficient (Wildman–Crippen LogP) is 1.94. The molecular formula is C13H10ClN5O. The SMILES string of the molecule is O=C(NCc1ccc(Cl)cn1)c1ncnc2[nH]ccc12. The van der Waals surface area contributed by atoms with Gasteiger partial charge in [-0.05, 0) is 18.2 Å². The Bertz CT molecular complexity index is 753. The third kappa shape index (κ3) is 2.46. The number of nitrogens with zero attached hydrogens (tertiary/aromatic N) is 3. The molecule has 0 bridgehead atoms. The number of rotatable bonds is 3. The van der Waals surface area contributed by atoms with Crippen LogP contribution < -0.4 is 5.32 Å². The van der Waals surface area contributed by atoms with Gasteiger partial charge in [-0.25, -0.2) is 9.97 Å². The summed E-state index contributed by atoms with van der Waals surface area (Å²) < 4.78 is 0. The quantitative estimate of drug-likeness (QED) is 0.771. The zero-order valence-corrected chi connectivity index (χ0v) is 11.1. The second kappa shape index (κ2) is 5.26. The molecule has 0 saturated heterocycles. The van der Waals surface area contributed by atoms with Crippen molar-refractivity contribution >= 4 is 28.5 Å². The van der Waals surface area contributed by atoms with Crippen LogP contribution in [0.25, 0.3) is 11.0 Å². The summed E-state index contributed by atoms with van der Waals surface area (Å²) >= 11 is 5.75. The van der Waals surface area contributed by atoms with E-state index in [1.54, 1.807) is 24.4 Å². The summed E-state index contributed by atoms with van der Waals surface area (Å²) in [6, 6.07) is 5.25. The average molecular weight is 288 g/mol. The van der Waals surface area contributed by atoms with Gasteiger partial charge in [0.1, 0.15) is 17.7 Å². The van der Waals surface area contributed by atoms with Crippen molar-refractivity contribution in [3.63, 3.8) is 0 Å². The number of hydrogen-bond acceptors (Lipinski definition) is 4. The first-order valence-corrected chi connectivity index (χ1v) is 6.28. The highest BCUT2D eigenvalue weighted by Gasteiger charge is 2.12. The summed E-state index contributed by atoms with van der Waals surface area (Å²) in [6.07, 6.45) is 4.61. The van der Waals surface area contributed by atoms with Gasteiger partial charge in [0.05, 0.1) is 22.6 Å². The first-order valence-electron chi connectivity index (χ1n) is 5.91. The van der Waals surface area contributed by atoms with Crippen molar-refractivity contribution in [1.29, 1.82) is 0 Å². The maximum absolute atomic E-state index is 12.1. The van der Waals surface area contributed by atoms with Crippen LogP contribution in [0.2, 0.25) is 5.02 Å². The molecule has 0 unspecified atom stereocenters. The van der Waals surface area contributed by atoms with E-state index in [1.807, 2.05) is 0 Å². The Morgan fingerprint density at radius 2 is 2.15 bits per heavy atom. The molecule has 3 aromatic rings. The first-order chi connectivity index (χ1) is 9.74. The Hall–Kier alpha value is -2.47. The molecule has 3 heterocycles. The third-order valence-corrected chi connectivity index (χ3v) is 3.01. The molecular weight excluding hydrogens is 278 g/mol. The summed E-state index contributed by atoms with van der Waals surface area (Å²) in [6.45, 7) is 0.311. The number of amides is 1. The number of aromatic nitrogens is 4. The lowest BCUT2D eigenvalue weighted by Gasteiger charge is -2.05. The van der Waals surface area contributed by atoms with Crippen LogP contribution >= 0.6 is 11.6 Å². The molecule has 0 atom stereocenters. The summed E-state index contributed by atoms with van der Waals surface area (Å²) in [5.74, 6) is -0.270. The molecule has 0 aromatic carbocycles. The summed E-state index contributed by atoms with van der Waals surface area (Å²) in [5.41, 5.74) is 1.70. The lowest BCUT2D eigenvalue weighted by Crippen LogP contribution is -2.24. The minimum absolute atomic E-state index is 0.270. The van der Waals surface area contributed by atoms with Crippen molar-refractivity contribution in [1.82, 2.24) is 25.3 Å². The molecule has 3 aromatic heterocycles. The van der Waals surface area contributed by atoms with Gasteiger partial charge >= 0.3 is 0 Å². The van der Waals surface area contributed by atoms with Gasteiger partial charge in [0.2, 0.25) is 0 Å². The van der Waals surface area contributed by atoms with Gasteiger partial charge in [0.25, 0.3) is 5.91 Å². The van der Waals surface area contributed by atoms with Gasteiger partial charge in [0, 0.05) is 12.4 Å². The van der Waals surface area contributed by atoms with Gasteiger partial charge in [-0.15, -0.1) is 0 Å². The molecule has 0 radical (unpaired) electrons. The topological polar surface area (TPSA) is 83.6 Å². The summed E-state index contributed by atoms with van der Waals surface area (Å²) in [5, 5.41) is 4.02. The van der Waals surface area contributed by atoms with Crippen molar-refractivity contribution in [2.45, 2.75) is 6.54 Å². The van der Waals surface area contributed by atoms with Gasteiger partial charge in [-0.1, -0.05) is 11.6 Å². The van der Waals surface area contributed by atoms with Crippen molar-refractivity contribution in [3.8, 4) is 0 Å². The third-order valence-electron chi connectivity index (χ3n) is 2.79. The van der Waals surface area contributed by atoms with Crippen molar-refractivity contribution in [2.24, 2.45) is 0 Å². The molecule has 0 aliphatic heterocycles. The second-order valence-corrected chi connectivity index (χ2v) is 4.55. The minimum Gasteiger partial charge on any atom is -0.346 e. The van der Waals surface area contributed by atoms with Gasteiger partial charge < -0.3 is 10.3 Å². The van der Waals surface area contributed by atoms with E-state index in [1.165, 1.54) is 12.5 Å². The molecule has 0 fully saturated rings. The van der Waals surface area contributed by atoms with Crippen molar-refractivity contribution < 1.29 is 4.79 Å². The van der Waals surface area contributed by atoms with Gasteiger partial charge in [-0.2, -0.15) is 0 Å². The van der Waals surface area contributed by atoms with Crippen molar-refractivity contribution in [2.75, 3.05) is 0 Å². The minimum atomic E-state index is -0.270. The largest absolute Gasteiger partial charge is 0.346 e. The standard InChI is InChI=1S/C13H10ClN5O/c14-8-1-2-9(16-5-8)6-17-13(20)11-10-3-4-15-12(10)19-7-18-11/h1-5,7H,6H2,(H,17,20)(H,15,18,19). The number of H-pyrrole nitrogens is 1. The van der Waals surface area contributed by atoms with Crippen LogP contribution in [0.5, 0.6) is 0 Å². The number of aromatic amines is 1. The summed E-state index contributed by atoms with van der Waals surface area (Å²) in [4.78, 5) is 27.2. The molecule has 7 heteroatoms. The molecule has 2 N–H and O–H groups in total. The Morgan fingerprint density at radius 1 is 1.25 bits per heavy atom. The Labute approximate surface area is 119 Å². The number of halogens is 1. The van der Waals surface area contributed by atoms with Crippen LogP contribution in [-0.4, -0.2) is 25.8 Å². The molecule has 3 rings (SSSR count). The Balaban J connectivity index is 1.76. The zero-order chi connectivity index (χ0) is 13.9. The van der Waals surface area contributed by atoms with E-state index in [0.29, 0.717) is 28.3 Å². The molecule has 20 heavy (non-hydrogen) atoms. The van der Waals surface area contributed by atoms with Crippen LogP contribution in [-0.2, 0) is 6.54 Å². The number of carbonyl (C=O) groups is 1. The molecule has 6 nitrogen and oxygen atoms in total. The second-order valence-electron chi connectivity index (χ2n) is 4.11. The van der Waals surface area contributed by atoms with Crippen LogP contribution in [0.3, 0.4) is 0 Å². The Morgan fingerprint density at radius 3 is 2.95 bits per heavy atom. The van der Waals surface area contributed by atoms with E-state index in [4.69, 9.17) is 11.6 Å². The van der Waals surface area contributed by atoms with E-state index < -0.39 is 0 Å². The number of fused-ring (bicyclic) bond motifs is 1. The number of pyridine rings is 1. The molecule has 0 spiro atoms. The normalized spacial score (nSPS) is 10.7. The monoisotopic (exact) mass is 287 g/mol. The van der Waals surface area contributed by atoms with Gasteiger partial charge in [0.15, 0.2) is 0 Å². The highest BCUT2D eigenvalue weighted by Crippen LogP contribution is 2.12. The molecule has 0 aliphatic carbocycles. The summed E-state index contributed by atoms with van der Waals surface area (Å²) in [7, 11) is 0. The fraction of sp³-hybridized carbons (Fsp3) is 0.0769. The van der Waals surface area contributed by atoms with E-state index in [9.17, 15) is 4.79 Å². The molecule has 0 aliphatic rings. The maximum atomic E-state index is 12.1. The first kappa shape index (κ1) is 12.6. The highest BCUT2D eigenvalue weighted by atomic mass is 35.5. The molecule has 1 amide bonds. The lowest BCUT2D eigenvalue weighted by atomic mass is 10.2. The number of carbonyl (C=O) groups excluding carboxylic acids is 1. The van der Waals surface area contributed by atoms with E-state index in [2.05, 4.69) is 25.3 Å². The lowest BCUT2D eigenvalue weighted by molar-refractivity contribution is 0.0947. The Kier molecular flexibility index (Phi) is 3.30. The highest BCUT2D eigenvalue weighted by molar-refractivity contribution is 6.30. The van der Waals surface area contributed by atoms with E-state index >= 15 is 0 Å². The molecule has 0 saturated carbocycles. The van der Waals surface area contributed by atoms with E-state index in [-0.39, 0.29) is 5.91 Å². The van der Waals surface area contributed by atoms with Crippen LogP contribution in [0.15, 0.2) is 36.9 Å². The predicted molar refractivity (Wildman–Crippen MR) is 74.3 cm³/mol. The van der Waals surface area contributed by atoms with Crippen LogP contribution in [0, 0.1) is 0 Å². The average Bonchev–Trinajstić information content (AvgIpc) is 2.94. The zero-order valence-electron chi connectivity index (χ0n) is 10.3. The van der Waals surface area contributed by atoms with E-state index in [0.717, 1.165) is 5.69 Å². The fourth-order valence-electron chi connectivity index (χ4n) is 1.82. The van der Waals surface area contributed by atoms with Crippen LogP contribution in [0.1, 0.15) is 16.2 Å².